The van der Waals surface area contributed by atoms with Gasteiger partial charge in [-0.2, -0.15) is 0 Å². The lowest BCUT2D eigenvalue weighted by atomic mass is 10.1. The van der Waals surface area contributed by atoms with Crippen molar-refractivity contribution in [3.05, 3.63) is 83.8 Å². The first-order chi connectivity index (χ1) is 21.0. The van der Waals surface area contributed by atoms with E-state index in [2.05, 4.69) is 4.98 Å². The largest absolute Gasteiger partial charge is 0.481 e. The highest BCUT2D eigenvalue weighted by molar-refractivity contribution is 7.48. The molecule has 3 unspecified atom stereocenters. The summed E-state index contributed by atoms with van der Waals surface area (Å²) >= 11 is 0. The monoisotopic (exact) mass is 634 g/mol. The average Bonchev–Trinajstić information content (AvgIpc) is 3.52. The predicted molar refractivity (Wildman–Crippen MR) is 150 cm³/mol. The van der Waals surface area contributed by atoms with E-state index in [0.29, 0.717) is 11.1 Å². The second-order valence-corrected chi connectivity index (χ2v) is 11.3. The summed E-state index contributed by atoms with van der Waals surface area (Å²) in [6, 6.07) is 16.0. The summed E-state index contributed by atoms with van der Waals surface area (Å²) in [6.07, 6.45) is -5.74. The Kier molecular flexibility index (Phi) is 10.8. The molecule has 44 heavy (non-hydrogen) atoms. The number of nitrogens with zero attached hydrogens (tertiary/aromatic N) is 2. The van der Waals surface area contributed by atoms with Crippen molar-refractivity contribution in [3.63, 3.8) is 0 Å². The number of nitrogen functional groups attached to an aromatic ring is 1. The number of nitrogens with one attached hydrogen (secondary N) is 1. The zero-order valence-electron chi connectivity index (χ0n) is 23.0. The number of carboxylic acid groups (broad SMARTS) is 2. The molecule has 2 heterocycles. The van der Waals surface area contributed by atoms with Gasteiger partial charge in [-0.3, -0.25) is 27.7 Å². The number of rotatable bonds is 15. The number of imidazole rings is 1. The summed E-state index contributed by atoms with van der Waals surface area (Å²) in [5, 5.41) is 41.5. The van der Waals surface area contributed by atoms with Crippen LogP contribution < -0.4 is 11.1 Å². The van der Waals surface area contributed by atoms with Crippen molar-refractivity contribution < 1.29 is 57.7 Å². The van der Waals surface area contributed by atoms with E-state index in [-0.39, 0.29) is 19.0 Å². The Morgan fingerprint density at radius 1 is 0.955 bits per heavy atom. The molecule has 7 N–H and O–H groups in total. The third-order valence-electron chi connectivity index (χ3n) is 6.50. The van der Waals surface area contributed by atoms with Crippen LogP contribution in [0, 0.1) is 0 Å². The van der Waals surface area contributed by atoms with Crippen molar-refractivity contribution >= 4 is 31.5 Å². The van der Waals surface area contributed by atoms with Crippen LogP contribution in [-0.4, -0.2) is 78.8 Å². The third kappa shape index (κ3) is 8.27. The fourth-order valence-electron chi connectivity index (χ4n) is 4.18. The molecule has 0 saturated carbocycles. The molecule has 0 bridgehead atoms. The molecule has 16 nitrogen and oxygen atoms in total. The molecule has 5 atom stereocenters. The number of aliphatic carboxylic acids is 2. The highest BCUT2D eigenvalue weighted by atomic mass is 31.2. The number of aliphatic hydroxyl groups excluding tert-OH is 2. The van der Waals surface area contributed by atoms with Gasteiger partial charge in [-0.1, -0.05) is 60.7 Å². The molecule has 2 aromatic carbocycles. The van der Waals surface area contributed by atoms with E-state index in [1.807, 2.05) is 5.32 Å². The summed E-state index contributed by atoms with van der Waals surface area (Å²) in [5.41, 5.74) is 6.93. The van der Waals surface area contributed by atoms with Gasteiger partial charge in [0.2, 0.25) is 0 Å². The molecule has 3 aromatic rings. The van der Waals surface area contributed by atoms with Gasteiger partial charge in [0.25, 0.3) is 5.91 Å². The minimum Gasteiger partial charge on any atom is -0.481 e. The van der Waals surface area contributed by atoms with E-state index in [1.165, 1.54) is 0 Å². The molecule has 0 aliphatic carbocycles. The summed E-state index contributed by atoms with van der Waals surface area (Å²) in [4.78, 5) is 38.6. The van der Waals surface area contributed by atoms with Gasteiger partial charge in [-0.05, 0) is 11.1 Å². The highest BCUT2D eigenvalue weighted by Gasteiger charge is 2.46. The molecule has 1 aliphatic heterocycles. The molecular formula is C27H31N4O12P. The average molecular weight is 635 g/mol. The van der Waals surface area contributed by atoms with E-state index >= 15 is 0 Å². The Bertz CT molecular complexity index is 1440. The van der Waals surface area contributed by atoms with Crippen LogP contribution in [-0.2, 0) is 45.7 Å². The number of carbonyl (C=O) groups excluding carboxylic acids is 1. The number of ether oxygens (including phenoxy) is 1. The van der Waals surface area contributed by atoms with Crippen molar-refractivity contribution in [1.29, 1.82) is 0 Å². The standard InChI is InChI=1S/C27H31N4O12P/c28-24-21(25(36)30-18(27(37)38)11-20(32)33)29-15-31(24)26-23(35)22(34)19(43-26)14-42-44(39,40-12-16-7-3-1-4-8-16)41-13-17-9-5-2-6-10-17/h1-10,15,18-19,22-23,26,34-35H,11-14,28H2,(H,30,36)(H,32,33)(H,37,38)/t18-,19?,22-,23?,26?/m0/s1. The van der Waals surface area contributed by atoms with Crippen molar-refractivity contribution in [3.8, 4) is 0 Å². The van der Waals surface area contributed by atoms with Gasteiger partial charge in [0.05, 0.1) is 32.6 Å². The number of aliphatic hydroxyl groups is 2. The SMILES string of the molecule is Nc1c(C(=O)N[C@@H](CC(=O)O)C(=O)O)ncn1C1OC(COP(=O)(OCc2ccccc2)OCc2ccccc2)[C@H](O)C1O. The Morgan fingerprint density at radius 2 is 1.52 bits per heavy atom. The third-order valence-corrected chi connectivity index (χ3v) is 7.86. The topological polar surface area (TPSA) is 242 Å². The number of phosphoric acid groups is 1. The fourth-order valence-corrected chi connectivity index (χ4v) is 5.35. The maximum Gasteiger partial charge on any atom is 0.475 e. The van der Waals surface area contributed by atoms with Crippen LogP contribution in [0.25, 0.3) is 0 Å². The molecule has 4 rings (SSSR count). The Hall–Kier alpha value is -4.15. The molecule has 1 aromatic heterocycles. The summed E-state index contributed by atoms with van der Waals surface area (Å²) in [5.74, 6) is -4.50. The number of hydrogen-bond donors (Lipinski definition) is 6. The molecule has 1 amide bonds. The van der Waals surface area contributed by atoms with Gasteiger partial charge in [-0.25, -0.2) is 14.3 Å². The smallest absolute Gasteiger partial charge is 0.475 e. The molecular weight excluding hydrogens is 603 g/mol. The van der Waals surface area contributed by atoms with Crippen LogP contribution in [0.3, 0.4) is 0 Å². The first-order valence-corrected chi connectivity index (χ1v) is 14.6. The number of phosphoric ester groups is 1. The second-order valence-electron chi connectivity index (χ2n) is 9.66. The molecule has 1 saturated heterocycles. The number of hydrogen-bond acceptors (Lipinski definition) is 12. The van der Waals surface area contributed by atoms with E-state index in [1.54, 1.807) is 60.7 Å². The van der Waals surface area contributed by atoms with Crippen LogP contribution in [0.1, 0.15) is 34.3 Å². The first kappa shape index (κ1) is 32.8. The van der Waals surface area contributed by atoms with Crippen LogP contribution in [0.4, 0.5) is 5.82 Å². The number of anilines is 1. The lowest BCUT2D eigenvalue weighted by Gasteiger charge is -2.21. The predicted octanol–water partition coefficient (Wildman–Crippen LogP) is 1.30. The van der Waals surface area contributed by atoms with Crippen molar-refractivity contribution in [2.45, 2.75) is 50.2 Å². The lowest BCUT2D eigenvalue weighted by Crippen LogP contribution is -2.42. The van der Waals surface area contributed by atoms with Gasteiger partial charge >= 0.3 is 19.8 Å². The molecule has 0 radical (unpaired) electrons. The van der Waals surface area contributed by atoms with E-state index in [0.717, 1.165) is 10.9 Å². The summed E-state index contributed by atoms with van der Waals surface area (Å²) in [7, 11) is -4.25. The maximum atomic E-state index is 13.6. The maximum absolute atomic E-state index is 13.6. The van der Waals surface area contributed by atoms with Gasteiger partial charge < -0.3 is 36.2 Å². The minimum atomic E-state index is -4.25. The van der Waals surface area contributed by atoms with E-state index in [9.17, 15) is 34.3 Å². The lowest BCUT2D eigenvalue weighted by molar-refractivity contribution is -0.145. The van der Waals surface area contributed by atoms with Crippen LogP contribution in [0.5, 0.6) is 0 Å². The number of benzene rings is 2. The van der Waals surface area contributed by atoms with Crippen molar-refractivity contribution in [2.24, 2.45) is 0 Å². The van der Waals surface area contributed by atoms with Crippen LogP contribution in [0.15, 0.2) is 67.0 Å². The molecule has 17 heteroatoms. The summed E-state index contributed by atoms with van der Waals surface area (Å²) < 4.78 is 36.9. The Balaban J connectivity index is 1.43. The number of amides is 1. The molecule has 1 aliphatic rings. The van der Waals surface area contributed by atoms with E-state index in [4.69, 9.17) is 29.1 Å². The van der Waals surface area contributed by atoms with Crippen molar-refractivity contribution in [1.82, 2.24) is 14.9 Å². The Morgan fingerprint density at radius 3 is 2.05 bits per heavy atom. The number of carboxylic acids is 2. The van der Waals surface area contributed by atoms with Gasteiger partial charge in [0.15, 0.2) is 11.9 Å². The number of nitrogens with two attached hydrogens (primary N) is 1. The van der Waals surface area contributed by atoms with E-state index < -0.39 is 75.0 Å². The highest BCUT2D eigenvalue weighted by Crippen LogP contribution is 2.51. The van der Waals surface area contributed by atoms with Gasteiger partial charge in [0.1, 0.15) is 30.2 Å². The minimum absolute atomic E-state index is 0.113. The first-order valence-electron chi connectivity index (χ1n) is 13.2. The zero-order valence-corrected chi connectivity index (χ0v) is 23.9. The zero-order chi connectivity index (χ0) is 31.9. The Labute approximate surface area is 250 Å². The molecule has 0 spiro atoms. The summed E-state index contributed by atoms with van der Waals surface area (Å²) in [6.45, 7) is -0.775. The fraction of sp³-hybridized carbons (Fsp3) is 0.333. The molecule has 1 fully saturated rings. The number of carbonyl (C=O) groups is 3. The van der Waals surface area contributed by atoms with Crippen molar-refractivity contribution in [2.75, 3.05) is 12.3 Å². The van der Waals surface area contributed by atoms with Crippen LogP contribution >= 0.6 is 7.82 Å². The van der Waals surface area contributed by atoms with Gasteiger partial charge in [-0.15, -0.1) is 0 Å². The normalized spacial score (nSPS) is 20.7. The molecule has 236 valence electrons. The number of aromatic nitrogens is 2. The van der Waals surface area contributed by atoms with Gasteiger partial charge in [0, 0.05) is 0 Å². The second kappa shape index (κ2) is 14.5. The van der Waals surface area contributed by atoms with Crippen LogP contribution in [0.2, 0.25) is 0 Å². The quantitative estimate of drug-likeness (QED) is 0.129.